The van der Waals surface area contributed by atoms with Gasteiger partial charge in [0.1, 0.15) is 0 Å². The summed E-state index contributed by atoms with van der Waals surface area (Å²) in [5.41, 5.74) is 0.718. The highest BCUT2D eigenvalue weighted by Crippen LogP contribution is 2.16. The van der Waals surface area contributed by atoms with Crippen LogP contribution in [0.3, 0.4) is 0 Å². The van der Waals surface area contributed by atoms with Gasteiger partial charge in [-0.3, -0.25) is 0 Å². The number of hydrogen-bond donors (Lipinski definition) is 1. The number of hydrogen-bond acceptors (Lipinski definition) is 1. The van der Waals surface area contributed by atoms with Crippen LogP contribution in [-0.4, -0.2) is 11.1 Å². The van der Waals surface area contributed by atoms with Crippen molar-refractivity contribution < 1.29 is 9.90 Å². The molecule has 0 fully saturated rings. The molecule has 72 valence electrons. The molecule has 0 aromatic rings. The molecule has 0 aromatic carbocycles. The van der Waals surface area contributed by atoms with Crippen LogP contribution < -0.4 is 0 Å². The average Bonchev–Trinajstić information content (AvgIpc) is 1.87. The Morgan fingerprint density at radius 3 is 1.58 bits per heavy atom. The van der Waals surface area contributed by atoms with Gasteiger partial charge in [-0.1, -0.05) is 40.7 Å². The number of carbonyl (C=O) groups is 1. The van der Waals surface area contributed by atoms with E-state index in [2.05, 4.69) is 34.3 Å². The Morgan fingerprint density at radius 2 is 1.58 bits per heavy atom. The first kappa shape index (κ1) is 13.8. The van der Waals surface area contributed by atoms with Crippen molar-refractivity contribution >= 4 is 5.97 Å². The number of carboxylic acid groups (broad SMARTS) is 1. The van der Waals surface area contributed by atoms with E-state index in [1.165, 1.54) is 13.3 Å². The molecule has 0 aliphatic rings. The first-order valence-corrected chi connectivity index (χ1v) is 4.09. The van der Waals surface area contributed by atoms with Crippen LogP contribution in [-0.2, 0) is 4.79 Å². The maximum atomic E-state index is 9.60. The summed E-state index contributed by atoms with van der Waals surface area (Å²) in [5.74, 6) is -0.935. The fraction of sp³-hybridized carbons (Fsp3) is 0.700. The third kappa shape index (κ3) is 16.1. The fourth-order valence-corrected chi connectivity index (χ4v) is 0. The predicted molar refractivity (Wildman–Crippen MR) is 52.2 cm³/mol. The molecule has 1 N–H and O–H groups in total. The van der Waals surface area contributed by atoms with E-state index in [1.54, 1.807) is 0 Å². The summed E-state index contributed by atoms with van der Waals surface area (Å²) < 4.78 is 0. The molecule has 0 saturated carbocycles. The highest BCUT2D eigenvalue weighted by molar-refractivity contribution is 5.84. The molecular weight excluding hydrogens is 152 g/mol. The van der Waals surface area contributed by atoms with Gasteiger partial charge in [-0.15, -0.1) is 0 Å². The molecule has 0 aliphatic carbocycles. The first-order chi connectivity index (χ1) is 5.20. The zero-order valence-electron chi connectivity index (χ0n) is 8.77. The van der Waals surface area contributed by atoms with Crippen molar-refractivity contribution in [1.82, 2.24) is 0 Å². The smallest absolute Gasteiger partial charge is 0.330 e. The lowest BCUT2D eigenvalue weighted by Crippen LogP contribution is -2.00. The van der Waals surface area contributed by atoms with E-state index in [0.29, 0.717) is 5.41 Å². The first-order valence-electron chi connectivity index (χ1n) is 4.09. The maximum absolute atomic E-state index is 9.60. The van der Waals surface area contributed by atoms with Gasteiger partial charge >= 0.3 is 5.97 Å². The van der Waals surface area contributed by atoms with E-state index in [1.807, 2.05) is 0 Å². The predicted octanol–water partition coefficient (Wildman–Crippen LogP) is 3.09. The molecular formula is C10H20O2. The zero-order chi connectivity index (χ0) is 10.4. The summed E-state index contributed by atoms with van der Waals surface area (Å²) in [7, 11) is 0. The van der Waals surface area contributed by atoms with Crippen molar-refractivity contribution in [3.05, 3.63) is 12.2 Å². The Morgan fingerprint density at radius 1 is 1.42 bits per heavy atom. The van der Waals surface area contributed by atoms with Gasteiger partial charge in [0.2, 0.25) is 0 Å². The summed E-state index contributed by atoms with van der Waals surface area (Å²) in [6.07, 6.45) is 1.27. The second-order valence-electron chi connectivity index (χ2n) is 4.00. The second-order valence-corrected chi connectivity index (χ2v) is 4.00. The van der Waals surface area contributed by atoms with E-state index in [-0.39, 0.29) is 5.57 Å². The van der Waals surface area contributed by atoms with Gasteiger partial charge in [0.15, 0.2) is 0 Å². The van der Waals surface area contributed by atoms with E-state index >= 15 is 0 Å². The number of carboxylic acids is 1. The van der Waals surface area contributed by atoms with Gasteiger partial charge < -0.3 is 5.11 Å². The van der Waals surface area contributed by atoms with Crippen molar-refractivity contribution in [2.24, 2.45) is 5.41 Å². The molecule has 0 bridgehead atoms. The van der Waals surface area contributed by atoms with Crippen molar-refractivity contribution in [1.29, 1.82) is 0 Å². The lowest BCUT2D eigenvalue weighted by molar-refractivity contribution is -0.132. The SMILES string of the molecule is C=C(C)C(=O)O.CCC(C)(C)C. The molecule has 0 aromatic heterocycles. The average molecular weight is 172 g/mol. The third-order valence-electron chi connectivity index (χ3n) is 1.43. The Labute approximate surface area is 75.3 Å². The highest BCUT2D eigenvalue weighted by Gasteiger charge is 2.03. The molecule has 12 heavy (non-hydrogen) atoms. The van der Waals surface area contributed by atoms with Crippen LogP contribution in [0.2, 0.25) is 0 Å². The summed E-state index contributed by atoms with van der Waals surface area (Å²) in [6.45, 7) is 13.5. The molecule has 0 aliphatic heterocycles. The van der Waals surface area contributed by atoms with Crippen LogP contribution in [0.15, 0.2) is 12.2 Å². The Bertz CT molecular complexity index is 140. The Kier molecular flexibility index (Phi) is 6.67. The zero-order valence-corrected chi connectivity index (χ0v) is 8.77. The quantitative estimate of drug-likeness (QED) is 0.617. The number of rotatable bonds is 1. The van der Waals surface area contributed by atoms with E-state index in [0.717, 1.165) is 0 Å². The van der Waals surface area contributed by atoms with E-state index in [9.17, 15) is 4.79 Å². The van der Waals surface area contributed by atoms with Gasteiger partial charge in [-0.25, -0.2) is 4.79 Å². The number of aliphatic carboxylic acids is 1. The summed E-state index contributed by atoms with van der Waals surface area (Å²) in [6, 6.07) is 0. The summed E-state index contributed by atoms with van der Waals surface area (Å²) >= 11 is 0. The fourth-order valence-electron chi connectivity index (χ4n) is 0. The lowest BCUT2D eigenvalue weighted by atomic mass is 9.94. The lowest BCUT2D eigenvalue weighted by Gasteiger charge is -2.12. The Hall–Kier alpha value is -0.790. The minimum absolute atomic E-state index is 0.176. The highest BCUT2D eigenvalue weighted by atomic mass is 16.4. The topological polar surface area (TPSA) is 37.3 Å². The monoisotopic (exact) mass is 172 g/mol. The van der Waals surface area contributed by atoms with Gasteiger partial charge in [-0.05, 0) is 12.3 Å². The molecule has 0 spiro atoms. The van der Waals surface area contributed by atoms with Crippen LogP contribution in [0.1, 0.15) is 41.0 Å². The van der Waals surface area contributed by atoms with Gasteiger partial charge in [-0.2, -0.15) is 0 Å². The molecule has 2 heteroatoms. The molecule has 0 radical (unpaired) electrons. The molecule has 0 heterocycles. The minimum Gasteiger partial charge on any atom is -0.478 e. The van der Waals surface area contributed by atoms with Gasteiger partial charge in [0, 0.05) is 5.57 Å². The van der Waals surface area contributed by atoms with Crippen LogP contribution >= 0.6 is 0 Å². The summed E-state index contributed by atoms with van der Waals surface area (Å²) in [4.78, 5) is 9.60. The molecule has 0 rings (SSSR count). The molecule has 0 atom stereocenters. The van der Waals surface area contributed by atoms with Crippen molar-refractivity contribution in [3.63, 3.8) is 0 Å². The third-order valence-corrected chi connectivity index (χ3v) is 1.43. The van der Waals surface area contributed by atoms with E-state index < -0.39 is 5.97 Å². The van der Waals surface area contributed by atoms with Crippen LogP contribution in [0.25, 0.3) is 0 Å². The Balaban J connectivity index is 0. The van der Waals surface area contributed by atoms with Gasteiger partial charge in [0.25, 0.3) is 0 Å². The molecule has 0 unspecified atom stereocenters. The maximum Gasteiger partial charge on any atom is 0.330 e. The largest absolute Gasteiger partial charge is 0.478 e. The summed E-state index contributed by atoms with van der Waals surface area (Å²) in [5, 5.41) is 7.89. The van der Waals surface area contributed by atoms with Crippen LogP contribution in [0.5, 0.6) is 0 Å². The van der Waals surface area contributed by atoms with Crippen molar-refractivity contribution in [2.75, 3.05) is 0 Å². The minimum atomic E-state index is -0.935. The van der Waals surface area contributed by atoms with E-state index in [4.69, 9.17) is 5.11 Å². The van der Waals surface area contributed by atoms with Crippen molar-refractivity contribution in [3.8, 4) is 0 Å². The molecule has 0 saturated heterocycles. The molecule has 2 nitrogen and oxygen atoms in total. The molecule has 0 amide bonds. The van der Waals surface area contributed by atoms with Crippen LogP contribution in [0, 0.1) is 5.41 Å². The van der Waals surface area contributed by atoms with Gasteiger partial charge in [0.05, 0.1) is 0 Å². The van der Waals surface area contributed by atoms with Crippen molar-refractivity contribution in [2.45, 2.75) is 41.0 Å². The standard InChI is InChI=1S/C6H14.C4H6O2/c1-5-6(2,3)4;1-3(2)4(5)6/h5H2,1-4H3;1H2,2H3,(H,5,6). The van der Waals surface area contributed by atoms with Crippen LogP contribution in [0.4, 0.5) is 0 Å². The normalized spacial score (nSPS) is 9.75. The second kappa shape index (κ2) is 5.81.